The summed E-state index contributed by atoms with van der Waals surface area (Å²) in [5, 5.41) is 0. The second-order valence-corrected chi connectivity index (χ2v) is 7.21. The van der Waals surface area contributed by atoms with E-state index in [9.17, 15) is 13.2 Å². The van der Waals surface area contributed by atoms with E-state index in [0.29, 0.717) is 37.7 Å². The molecule has 3 aliphatic heterocycles. The predicted molar refractivity (Wildman–Crippen MR) is 86.1 cm³/mol. The highest BCUT2D eigenvalue weighted by molar-refractivity contribution is 7.90. The van der Waals surface area contributed by atoms with Crippen LogP contribution in [0.5, 0.6) is 0 Å². The number of halogens is 1. The Labute approximate surface area is 136 Å². The first-order chi connectivity index (χ1) is 10.00. The molecule has 7 nitrogen and oxygen atoms in total. The third-order valence-electron chi connectivity index (χ3n) is 3.99. The fraction of sp³-hybridized carbons (Fsp3) is 0.538. The Balaban J connectivity index is 0.00000176. The highest BCUT2D eigenvalue weighted by Crippen LogP contribution is 2.22. The van der Waals surface area contributed by atoms with Crippen LogP contribution in [-0.4, -0.2) is 61.9 Å². The number of fused-ring (bicyclic) bond motifs is 1. The van der Waals surface area contributed by atoms with Crippen LogP contribution in [0.25, 0.3) is 0 Å². The first kappa shape index (κ1) is 17.0. The van der Waals surface area contributed by atoms with E-state index in [4.69, 9.17) is 5.73 Å². The molecule has 0 aliphatic carbocycles. The monoisotopic (exact) mass is 346 g/mol. The van der Waals surface area contributed by atoms with Gasteiger partial charge in [0.05, 0.1) is 11.3 Å². The quantitative estimate of drug-likeness (QED) is 0.741. The Morgan fingerprint density at radius 1 is 1.41 bits per heavy atom. The Bertz CT molecular complexity index is 656. The Hall–Kier alpha value is -1.38. The van der Waals surface area contributed by atoms with Crippen molar-refractivity contribution in [3.8, 4) is 0 Å². The first-order valence-corrected chi connectivity index (χ1v) is 8.58. The van der Waals surface area contributed by atoms with Gasteiger partial charge in [-0.2, -0.15) is 0 Å². The zero-order valence-electron chi connectivity index (χ0n) is 12.0. The molecule has 0 bridgehead atoms. The molecular formula is C13H19ClN4O3S. The van der Waals surface area contributed by atoms with Crippen molar-refractivity contribution in [2.24, 2.45) is 16.0 Å². The van der Waals surface area contributed by atoms with Gasteiger partial charge in [0.15, 0.2) is 5.84 Å². The fourth-order valence-corrected chi connectivity index (χ4v) is 3.75. The molecular weight excluding hydrogens is 328 g/mol. The molecule has 0 aromatic carbocycles. The molecule has 22 heavy (non-hydrogen) atoms. The number of carbonyl (C=O) groups excluding carboxylic acids is 1. The molecule has 0 aromatic rings. The minimum atomic E-state index is -3.48. The second-order valence-electron chi connectivity index (χ2n) is 5.46. The lowest BCUT2D eigenvalue weighted by atomic mass is 10.1. The molecule has 122 valence electrons. The Morgan fingerprint density at radius 2 is 2.18 bits per heavy atom. The van der Waals surface area contributed by atoms with Crippen LogP contribution in [0.15, 0.2) is 28.3 Å². The normalized spacial score (nSPS) is 26.0. The highest BCUT2D eigenvalue weighted by Gasteiger charge is 2.34. The maximum atomic E-state index is 12.6. The lowest BCUT2D eigenvalue weighted by Crippen LogP contribution is -2.43. The number of allylic oxidation sites excluding steroid dienone is 2. The number of sulfonamides is 1. The molecule has 2 N–H and O–H groups in total. The maximum Gasteiger partial charge on any atom is 0.257 e. The third-order valence-corrected chi connectivity index (χ3v) is 5.14. The summed E-state index contributed by atoms with van der Waals surface area (Å²) in [7, 11) is -3.48. The average molecular weight is 347 g/mol. The van der Waals surface area contributed by atoms with Gasteiger partial charge in [0, 0.05) is 25.8 Å². The van der Waals surface area contributed by atoms with Crippen molar-refractivity contribution >= 4 is 34.2 Å². The van der Waals surface area contributed by atoms with Crippen molar-refractivity contribution < 1.29 is 13.2 Å². The van der Waals surface area contributed by atoms with Crippen LogP contribution >= 0.6 is 12.4 Å². The SMILES string of the molecule is Cl.NCC1CCN(C(=O)C2=CC=CN3CCS(=O)(=O)N=C23)C1. The van der Waals surface area contributed by atoms with Gasteiger partial charge in [-0.1, -0.05) is 0 Å². The van der Waals surface area contributed by atoms with Crippen LogP contribution < -0.4 is 5.73 Å². The number of rotatable bonds is 2. The smallest absolute Gasteiger partial charge is 0.257 e. The van der Waals surface area contributed by atoms with Crippen LogP contribution in [0, 0.1) is 5.92 Å². The van der Waals surface area contributed by atoms with Crippen LogP contribution in [-0.2, 0) is 14.8 Å². The van der Waals surface area contributed by atoms with E-state index in [1.165, 1.54) is 0 Å². The van der Waals surface area contributed by atoms with E-state index in [-0.39, 0.29) is 29.9 Å². The van der Waals surface area contributed by atoms with Crippen LogP contribution in [0.3, 0.4) is 0 Å². The largest absolute Gasteiger partial charge is 0.338 e. The molecule has 3 aliphatic rings. The van der Waals surface area contributed by atoms with Crippen molar-refractivity contribution in [2.75, 3.05) is 31.9 Å². The Morgan fingerprint density at radius 3 is 2.86 bits per heavy atom. The van der Waals surface area contributed by atoms with E-state index < -0.39 is 10.0 Å². The second kappa shape index (κ2) is 6.39. The van der Waals surface area contributed by atoms with Gasteiger partial charge >= 0.3 is 0 Å². The minimum Gasteiger partial charge on any atom is -0.338 e. The number of amides is 1. The number of hydrogen-bond acceptors (Lipinski definition) is 5. The lowest BCUT2D eigenvalue weighted by Gasteiger charge is -2.30. The molecule has 0 aromatic heterocycles. The molecule has 1 atom stereocenters. The van der Waals surface area contributed by atoms with Crippen LogP contribution in [0.2, 0.25) is 0 Å². The summed E-state index contributed by atoms with van der Waals surface area (Å²) in [5.41, 5.74) is 5.99. The molecule has 1 saturated heterocycles. The summed E-state index contributed by atoms with van der Waals surface area (Å²) in [5.74, 6) is 0.365. The zero-order valence-corrected chi connectivity index (χ0v) is 13.6. The maximum absolute atomic E-state index is 12.6. The minimum absolute atomic E-state index is 0. The first-order valence-electron chi connectivity index (χ1n) is 6.97. The molecule has 9 heteroatoms. The number of nitrogens with zero attached hydrogens (tertiary/aromatic N) is 3. The van der Waals surface area contributed by atoms with E-state index in [1.54, 1.807) is 28.2 Å². The predicted octanol–water partition coefficient (Wildman–Crippen LogP) is -0.287. The molecule has 1 fully saturated rings. The number of hydrogen-bond donors (Lipinski definition) is 1. The summed E-state index contributed by atoms with van der Waals surface area (Å²) in [6.45, 7) is 2.16. The molecule has 3 rings (SSSR count). The summed E-state index contributed by atoms with van der Waals surface area (Å²) < 4.78 is 27.1. The third kappa shape index (κ3) is 3.18. The number of nitrogens with two attached hydrogens (primary N) is 1. The van der Waals surface area contributed by atoms with E-state index in [0.717, 1.165) is 6.42 Å². The molecule has 1 unspecified atom stereocenters. The zero-order chi connectivity index (χ0) is 15.0. The Kier molecular flexibility index (Phi) is 4.93. The van der Waals surface area contributed by atoms with Crippen molar-refractivity contribution in [1.29, 1.82) is 0 Å². The van der Waals surface area contributed by atoms with Crippen molar-refractivity contribution in [3.05, 3.63) is 23.9 Å². The molecule has 0 radical (unpaired) electrons. The number of likely N-dealkylation sites (tertiary alicyclic amines) is 1. The molecule has 3 heterocycles. The van der Waals surface area contributed by atoms with E-state index in [1.807, 2.05) is 0 Å². The molecule has 1 amide bonds. The van der Waals surface area contributed by atoms with Gasteiger partial charge in [0.25, 0.3) is 15.9 Å². The van der Waals surface area contributed by atoms with Gasteiger partial charge in [-0.25, -0.2) is 8.42 Å². The van der Waals surface area contributed by atoms with Gasteiger partial charge in [-0.05, 0) is 31.0 Å². The highest BCUT2D eigenvalue weighted by atomic mass is 35.5. The van der Waals surface area contributed by atoms with Gasteiger partial charge in [0.2, 0.25) is 0 Å². The van der Waals surface area contributed by atoms with Gasteiger partial charge in [-0.3, -0.25) is 4.79 Å². The van der Waals surface area contributed by atoms with Gasteiger partial charge in [-0.15, -0.1) is 16.8 Å². The number of amidine groups is 1. The van der Waals surface area contributed by atoms with Crippen LogP contribution in [0.1, 0.15) is 6.42 Å². The average Bonchev–Trinajstić information content (AvgIpc) is 2.94. The molecule has 0 spiro atoms. The summed E-state index contributed by atoms with van der Waals surface area (Å²) in [4.78, 5) is 16.0. The van der Waals surface area contributed by atoms with Gasteiger partial charge in [0.1, 0.15) is 0 Å². The van der Waals surface area contributed by atoms with E-state index >= 15 is 0 Å². The number of carbonyl (C=O) groups is 1. The molecule has 0 saturated carbocycles. The van der Waals surface area contributed by atoms with Crippen molar-refractivity contribution in [2.45, 2.75) is 6.42 Å². The van der Waals surface area contributed by atoms with E-state index in [2.05, 4.69) is 4.40 Å². The van der Waals surface area contributed by atoms with Crippen molar-refractivity contribution in [3.63, 3.8) is 0 Å². The fourth-order valence-electron chi connectivity index (χ4n) is 2.76. The van der Waals surface area contributed by atoms with Gasteiger partial charge < -0.3 is 15.5 Å². The summed E-state index contributed by atoms with van der Waals surface area (Å²) >= 11 is 0. The summed E-state index contributed by atoms with van der Waals surface area (Å²) in [6.07, 6.45) is 6.02. The standard InChI is InChI=1S/C13H18N4O3S.ClH/c14-8-10-3-5-17(9-10)13(18)11-2-1-4-16-6-7-21(19,20)15-12(11)16;/h1-2,4,10H,3,5-9,14H2;1H. The van der Waals surface area contributed by atoms with Crippen LogP contribution in [0.4, 0.5) is 0 Å². The van der Waals surface area contributed by atoms with Crippen molar-refractivity contribution in [1.82, 2.24) is 9.80 Å². The topological polar surface area (TPSA) is 96.1 Å². The summed E-state index contributed by atoms with van der Waals surface area (Å²) in [6, 6.07) is 0. The lowest BCUT2D eigenvalue weighted by molar-refractivity contribution is -0.125.